The van der Waals surface area contributed by atoms with Gasteiger partial charge in [0.25, 0.3) is 0 Å². The van der Waals surface area contributed by atoms with Crippen molar-refractivity contribution in [2.75, 3.05) is 30.4 Å². The van der Waals surface area contributed by atoms with Crippen molar-refractivity contribution in [3.8, 4) is 5.75 Å². The number of aromatic nitrogens is 2. The fourth-order valence-corrected chi connectivity index (χ4v) is 4.10. The Hall–Kier alpha value is -3.03. The SMILES string of the molecule is COc1ccc(Nc2ccnc(N3CCC(NC(=O)NC4CCCC4)CC3)n2)cc1. The number of urea groups is 1. The lowest BCUT2D eigenvalue weighted by atomic mass is 10.1. The second-order valence-corrected chi connectivity index (χ2v) is 7.96. The molecule has 8 nitrogen and oxygen atoms in total. The van der Waals surface area contributed by atoms with Crippen LogP contribution in [0.2, 0.25) is 0 Å². The smallest absolute Gasteiger partial charge is 0.315 e. The van der Waals surface area contributed by atoms with Gasteiger partial charge in [0.1, 0.15) is 11.6 Å². The number of carbonyl (C=O) groups excluding carboxylic acids is 1. The molecule has 1 saturated heterocycles. The summed E-state index contributed by atoms with van der Waals surface area (Å²) < 4.78 is 5.19. The van der Waals surface area contributed by atoms with Crippen molar-refractivity contribution in [2.24, 2.45) is 0 Å². The third kappa shape index (κ3) is 5.31. The summed E-state index contributed by atoms with van der Waals surface area (Å²) in [5, 5.41) is 9.54. The van der Waals surface area contributed by atoms with Gasteiger partial charge in [-0.15, -0.1) is 0 Å². The molecule has 4 rings (SSSR count). The van der Waals surface area contributed by atoms with E-state index in [2.05, 4.69) is 30.8 Å². The number of piperidine rings is 1. The van der Waals surface area contributed by atoms with Crippen LogP contribution in [0.5, 0.6) is 5.75 Å². The molecule has 2 amide bonds. The topological polar surface area (TPSA) is 91.4 Å². The van der Waals surface area contributed by atoms with Gasteiger partial charge < -0.3 is 25.6 Å². The molecule has 2 fully saturated rings. The fraction of sp³-hybridized carbons (Fsp3) is 0.500. The van der Waals surface area contributed by atoms with E-state index in [-0.39, 0.29) is 12.1 Å². The van der Waals surface area contributed by atoms with E-state index in [0.717, 1.165) is 56.0 Å². The first-order valence-corrected chi connectivity index (χ1v) is 10.8. The summed E-state index contributed by atoms with van der Waals surface area (Å²) >= 11 is 0. The van der Waals surface area contributed by atoms with Gasteiger partial charge in [-0.3, -0.25) is 0 Å². The minimum atomic E-state index is -0.0257. The molecule has 160 valence electrons. The third-order valence-corrected chi connectivity index (χ3v) is 5.81. The molecule has 1 aliphatic carbocycles. The highest BCUT2D eigenvalue weighted by atomic mass is 16.5. The summed E-state index contributed by atoms with van der Waals surface area (Å²) in [5.74, 6) is 2.28. The highest BCUT2D eigenvalue weighted by molar-refractivity contribution is 5.74. The van der Waals surface area contributed by atoms with Crippen molar-refractivity contribution >= 4 is 23.5 Å². The molecule has 2 heterocycles. The van der Waals surface area contributed by atoms with E-state index in [1.54, 1.807) is 13.3 Å². The van der Waals surface area contributed by atoms with Gasteiger partial charge in [0.05, 0.1) is 7.11 Å². The lowest BCUT2D eigenvalue weighted by molar-refractivity contribution is 0.230. The van der Waals surface area contributed by atoms with E-state index >= 15 is 0 Å². The first-order chi connectivity index (χ1) is 14.7. The molecular weight excluding hydrogens is 380 g/mol. The van der Waals surface area contributed by atoms with Gasteiger partial charge in [-0.2, -0.15) is 4.98 Å². The van der Waals surface area contributed by atoms with E-state index in [1.165, 1.54) is 12.8 Å². The van der Waals surface area contributed by atoms with Gasteiger partial charge in [-0.25, -0.2) is 9.78 Å². The summed E-state index contributed by atoms with van der Waals surface area (Å²) in [6.45, 7) is 1.64. The van der Waals surface area contributed by atoms with Crippen LogP contribution in [0.4, 0.5) is 22.2 Å². The zero-order valence-electron chi connectivity index (χ0n) is 17.4. The molecule has 0 spiro atoms. The third-order valence-electron chi connectivity index (χ3n) is 5.81. The van der Waals surface area contributed by atoms with Crippen molar-refractivity contribution in [1.29, 1.82) is 0 Å². The van der Waals surface area contributed by atoms with Gasteiger partial charge in [0.15, 0.2) is 0 Å². The first kappa shape index (κ1) is 20.3. The molecule has 0 atom stereocenters. The van der Waals surface area contributed by atoms with Crippen LogP contribution in [-0.2, 0) is 0 Å². The molecule has 30 heavy (non-hydrogen) atoms. The minimum absolute atomic E-state index is 0.0257. The minimum Gasteiger partial charge on any atom is -0.497 e. The molecule has 3 N–H and O–H groups in total. The maximum atomic E-state index is 12.2. The maximum absolute atomic E-state index is 12.2. The Morgan fingerprint density at radius 1 is 1.00 bits per heavy atom. The normalized spacial score (nSPS) is 17.6. The van der Waals surface area contributed by atoms with Gasteiger partial charge in [-0.1, -0.05) is 12.8 Å². The number of amides is 2. The van der Waals surface area contributed by atoms with E-state index < -0.39 is 0 Å². The number of ether oxygens (including phenoxy) is 1. The summed E-state index contributed by atoms with van der Waals surface area (Å²) in [6.07, 6.45) is 8.18. The summed E-state index contributed by atoms with van der Waals surface area (Å²) in [5.41, 5.74) is 0.941. The second-order valence-electron chi connectivity index (χ2n) is 7.96. The fourth-order valence-electron chi connectivity index (χ4n) is 4.10. The van der Waals surface area contributed by atoms with Crippen LogP contribution in [0.25, 0.3) is 0 Å². The Morgan fingerprint density at radius 2 is 1.67 bits per heavy atom. The largest absolute Gasteiger partial charge is 0.497 e. The van der Waals surface area contributed by atoms with Gasteiger partial charge in [0, 0.05) is 37.1 Å². The van der Waals surface area contributed by atoms with E-state index in [9.17, 15) is 4.79 Å². The maximum Gasteiger partial charge on any atom is 0.315 e. The Kier molecular flexibility index (Phi) is 6.51. The van der Waals surface area contributed by atoms with Gasteiger partial charge >= 0.3 is 6.03 Å². The monoisotopic (exact) mass is 410 g/mol. The number of hydrogen-bond donors (Lipinski definition) is 3. The number of nitrogens with one attached hydrogen (secondary N) is 3. The highest BCUT2D eigenvalue weighted by Crippen LogP contribution is 2.22. The van der Waals surface area contributed by atoms with E-state index in [1.807, 2.05) is 30.3 Å². The van der Waals surface area contributed by atoms with Crippen LogP contribution in [0.3, 0.4) is 0 Å². The predicted octanol–water partition coefficient (Wildman–Crippen LogP) is 3.44. The first-order valence-electron chi connectivity index (χ1n) is 10.8. The standard InChI is InChI=1S/C22H30N6O2/c1-30-19-8-6-17(7-9-19)24-20-10-13-23-21(27-20)28-14-11-18(12-15-28)26-22(29)25-16-4-2-3-5-16/h6-10,13,16,18H,2-5,11-12,14-15H2,1H3,(H,23,24,27)(H2,25,26,29). The van der Waals surface area contributed by atoms with Crippen molar-refractivity contribution < 1.29 is 9.53 Å². The Bertz CT molecular complexity index is 830. The van der Waals surface area contributed by atoms with E-state index in [4.69, 9.17) is 4.74 Å². The molecule has 2 aromatic rings. The number of rotatable bonds is 6. The summed E-state index contributed by atoms with van der Waals surface area (Å²) in [6, 6.07) is 10.1. The molecule has 8 heteroatoms. The van der Waals surface area contributed by atoms with Gasteiger partial charge in [-0.05, 0) is 56.0 Å². The van der Waals surface area contributed by atoms with E-state index in [0.29, 0.717) is 12.0 Å². The number of anilines is 3. The van der Waals surface area contributed by atoms with Crippen LogP contribution < -0.4 is 25.6 Å². The Morgan fingerprint density at radius 3 is 2.33 bits per heavy atom. The molecule has 0 bridgehead atoms. The highest BCUT2D eigenvalue weighted by Gasteiger charge is 2.24. The second kappa shape index (κ2) is 9.65. The molecule has 1 saturated carbocycles. The quantitative estimate of drug-likeness (QED) is 0.676. The van der Waals surface area contributed by atoms with Gasteiger partial charge in [0.2, 0.25) is 5.95 Å². The van der Waals surface area contributed by atoms with Crippen LogP contribution in [0.1, 0.15) is 38.5 Å². The molecule has 1 aromatic heterocycles. The molecule has 0 radical (unpaired) electrons. The molecule has 1 aliphatic heterocycles. The number of carbonyl (C=O) groups is 1. The zero-order chi connectivity index (χ0) is 20.8. The molecule has 2 aliphatic rings. The van der Waals surface area contributed by atoms with Crippen LogP contribution in [0, 0.1) is 0 Å². The van der Waals surface area contributed by atoms with Crippen molar-refractivity contribution in [3.05, 3.63) is 36.5 Å². The summed E-state index contributed by atoms with van der Waals surface area (Å²) in [7, 11) is 1.65. The lowest BCUT2D eigenvalue weighted by Crippen LogP contribution is -2.49. The predicted molar refractivity (Wildman–Crippen MR) is 117 cm³/mol. The van der Waals surface area contributed by atoms with Crippen molar-refractivity contribution in [1.82, 2.24) is 20.6 Å². The lowest BCUT2D eigenvalue weighted by Gasteiger charge is -2.32. The Balaban J connectivity index is 1.27. The Labute approximate surface area is 177 Å². The van der Waals surface area contributed by atoms with Crippen molar-refractivity contribution in [3.63, 3.8) is 0 Å². The van der Waals surface area contributed by atoms with Crippen LogP contribution in [-0.4, -0.2) is 48.3 Å². The number of hydrogen-bond acceptors (Lipinski definition) is 6. The molecule has 1 aromatic carbocycles. The van der Waals surface area contributed by atoms with Crippen LogP contribution in [0.15, 0.2) is 36.5 Å². The average Bonchev–Trinajstić information content (AvgIpc) is 3.28. The number of methoxy groups -OCH3 is 1. The zero-order valence-corrected chi connectivity index (χ0v) is 17.4. The molecular formula is C22H30N6O2. The molecule has 0 unspecified atom stereocenters. The van der Waals surface area contributed by atoms with Crippen LogP contribution >= 0.6 is 0 Å². The van der Waals surface area contributed by atoms with Crippen molar-refractivity contribution in [2.45, 2.75) is 50.6 Å². The average molecular weight is 411 g/mol. The summed E-state index contributed by atoms with van der Waals surface area (Å²) in [4.78, 5) is 23.5. The number of nitrogens with zero attached hydrogens (tertiary/aromatic N) is 3. The number of benzene rings is 1.